The van der Waals surface area contributed by atoms with E-state index in [2.05, 4.69) is 0 Å². The molecule has 0 unspecified atom stereocenters. The average Bonchev–Trinajstić information content (AvgIpc) is 2.63. The Bertz CT molecular complexity index is 771. The highest BCUT2D eigenvalue weighted by molar-refractivity contribution is 7.98. The minimum Gasteiger partial charge on any atom is -0.325 e. The van der Waals surface area contributed by atoms with E-state index in [1.54, 1.807) is 21.6 Å². The molecule has 5 heteroatoms. The van der Waals surface area contributed by atoms with Gasteiger partial charge < -0.3 is 9.80 Å². The lowest BCUT2D eigenvalue weighted by atomic mass is 10.1. The maximum Gasteiger partial charge on any atom is 0.254 e. The summed E-state index contributed by atoms with van der Waals surface area (Å²) in [6.07, 6.45) is 2.00. The number of aryl methyl sites for hydroxylation is 1. The molecule has 1 atom stereocenters. The summed E-state index contributed by atoms with van der Waals surface area (Å²) in [6.45, 7) is 4.63. The number of nitrogens with zero attached hydrogens (tertiary/aromatic N) is 2. The van der Waals surface area contributed by atoms with Crippen molar-refractivity contribution in [1.29, 1.82) is 0 Å². The van der Waals surface area contributed by atoms with E-state index in [4.69, 9.17) is 0 Å². The monoisotopic (exact) mass is 354 g/mol. The second kappa shape index (κ2) is 7.31. The zero-order chi connectivity index (χ0) is 18.0. The van der Waals surface area contributed by atoms with Gasteiger partial charge in [0, 0.05) is 28.7 Å². The van der Waals surface area contributed by atoms with Crippen LogP contribution < -0.4 is 4.90 Å². The van der Waals surface area contributed by atoms with E-state index in [-0.39, 0.29) is 24.4 Å². The van der Waals surface area contributed by atoms with Crippen molar-refractivity contribution in [2.24, 2.45) is 0 Å². The molecule has 2 aromatic carbocycles. The maximum absolute atomic E-state index is 12.8. The normalized spacial score (nSPS) is 17.7. The molecular weight excluding hydrogens is 332 g/mol. The number of benzene rings is 2. The van der Waals surface area contributed by atoms with Crippen LogP contribution in [0.3, 0.4) is 0 Å². The Morgan fingerprint density at radius 2 is 1.72 bits per heavy atom. The number of anilines is 1. The summed E-state index contributed by atoms with van der Waals surface area (Å²) >= 11 is 1.64. The van der Waals surface area contributed by atoms with Crippen molar-refractivity contribution in [3.05, 3.63) is 59.7 Å². The number of hydrogen-bond acceptors (Lipinski definition) is 3. The summed E-state index contributed by atoms with van der Waals surface area (Å²) < 4.78 is 0. The van der Waals surface area contributed by atoms with Crippen molar-refractivity contribution in [3.8, 4) is 0 Å². The standard InChI is InChI=1S/C20H22N2O2S/c1-14-4-8-17(9-5-14)22-12-15(2)21(13-19(22)23)20(24)16-6-10-18(25-3)11-7-16/h4-11,15H,12-13H2,1-3H3/t15-/m0/s1. The van der Waals surface area contributed by atoms with E-state index < -0.39 is 0 Å². The topological polar surface area (TPSA) is 40.6 Å². The molecule has 2 aromatic rings. The van der Waals surface area contributed by atoms with Crippen LogP contribution in [0.2, 0.25) is 0 Å². The lowest BCUT2D eigenvalue weighted by molar-refractivity contribution is -0.121. The van der Waals surface area contributed by atoms with Gasteiger partial charge in [0.1, 0.15) is 6.54 Å². The van der Waals surface area contributed by atoms with Gasteiger partial charge in [0.25, 0.3) is 5.91 Å². The largest absolute Gasteiger partial charge is 0.325 e. The summed E-state index contributed by atoms with van der Waals surface area (Å²) in [4.78, 5) is 29.9. The highest BCUT2D eigenvalue weighted by Gasteiger charge is 2.33. The van der Waals surface area contributed by atoms with Crippen LogP contribution in [0, 0.1) is 6.92 Å². The summed E-state index contributed by atoms with van der Waals surface area (Å²) in [5.74, 6) is -0.131. The highest BCUT2D eigenvalue weighted by atomic mass is 32.2. The molecule has 4 nitrogen and oxygen atoms in total. The molecule has 2 amide bonds. The van der Waals surface area contributed by atoms with Crippen LogP contribution in [0.4, 0.5) is 5.69 Å². The van der Waals surface area contributed by atoms with Crippen molar-refractivity contribution in [1.82, 2.24) is 4.90 Å². The lowest BCUT2D eigenvalue weighted by Gasteiger charge is -2.39. The minimum atomic E-state index is -0.0861. The molecule has 0 bridgehead atoms. The van der Waals surface area contributed by atoms with Crippen molar-refractivity contribution in [2.45, 2.75) is 24.8 Å². The van der Waals surface area contributed by atoms with E-state index in [1.807, 2.05) is 68.6 Å². The van der Waals surface area contributed by atoms with Gasteiger partial charge in [-0.25, -0.2) is 0 Å². The van der Waals surface area contributed by atoms with Gasteiger partial charge in [-0.2, -0.15) is 0 Å². The fourth-order valence-corrected chi connectivity index (χ4v) is 3.41. The van der Waals surface area contributed by atoms with Gasteiger partial charge in [-0.3, -0.25) is 9.59 Å². The van der Waals surface area contributed by atoms with E-state index in [0.29, 0.717) is 12.1 Å². The predicted octanol–water partition coefficient (Wildman–Crippen LogP) is 3.59. The number of thioether (sulfide) groups is 1. The highest BCUT2D eigenvalue weighted by Crippen LogP contribution is 2.23. The van der Waals surface area contributed by atoms with Gasteiger partial charge in [-0.1, -0.05) is 17.7 Å². The fraction of sp³-hybridized carbons (Fsp3) is 0.300. The quantitative estimate of drug-likeness (QED) is 0.791. The molecule has 0 spiro atoms. The smallest absolute Gasteiger partial charge is 0.254 e. The molecular formula is C20H22N2O2S. The van der Waals surface area contributed by atoms with Crippen LogP contribution in [0.1, 0.15) is 22.8 Å². The number of piperazine rings is 1. The van der Waals surface area contributed by atoms with Crippen molar-refractivity contribution < 1.29 is 9.59 Å². The van der Waals surface area contributed by atoms with Crippen molar-refractivity contribution in [2.75, 3.05) is 24.2 Å². The fourth-order valence-electron chi connectivity index (χ4n) is 3.00. The molecule has 1 fully saturated rings. The number of carbonyl (C=O) groups is 2. The van der Waals surface area contributed by atoms with E-state index in [9.17, 15) is 9.59 Å². The first-order chi connectivity index (χ1) is 12.0. The Labute approximate surface area is 152 Å². The van der Waals surface area contributed by atoms with Crippen molar-refractivity contribution >= 4 is 29.3 Å². The van der Waals surface area contributed by atoms with E-state index in [1.165, 1.54) is 0 Å². The Hall–Kier alpha value is -2.27. The first-order valence-electron chi connectivity index (χ1n) is 8.31. The molecule has 0 radical (unpaired) electrons. The molecule has 1 aliphatic heterocycles. The Morgan fingerprint density at radius 3 is 2.32 bits per heavy atom. The maximum atomic E-state index is 12.8. The van der Waals surface area contributed by atoms with Crippen molar-refractivity contribution in [3.63, 3.8) is 0 Å². The minimum absolute atomic E-state index is 0.0354. The second-order valence-electron chi connectivity index (χ2n) is 6.35. The summed E-state index contributed by atoms with van der Waals surface area (Å²) in [6, 6.07) is 15.4. The Balaban J connectivity index is 1.76. The van der Waals surface area contributed by atoms with Gasteiger partial charge in [0.15, 0.2) is 0 Å². The molecule has 130 valence electrons. The molecule has 0 aromatic heterocycles. The van der Waals surface area contributed by atoms with Crippen LogP contribution in [0.15, 0.2) is 53.4 Å². The molecule has 0 aliphatic carbocycles. The molecule has 1 aliphatic rings. The second-order valence-corrected chi connectivity index (χ2v) is 7.23. The SMILES string of the molecule is CSc1ccc(C(=O)N2CC(=O)N(c3ccc(C)cc3)C[C@@H]2C)cc1. The third kappa shape index (κ3) is 3.71. The Morgan fingerprint density at radius 1 is 1.08 bits per heavy atom. The third-order valence-electron chi connectivity index (χ3n) is 4.53. The average molecular weight is 354 g/mol. The molecule has 25 heavy (non-hydrogen) atoms. The van der Waals surface area contributed by atoms with Gasteiger partial charge in [-0.05, 0) is 56.5 Å². The van der Waals surface area contributed by atoms with Gasteiger partial charge in [0.05, 0.1) is 0 Å². The number of carbonyl (C=O) groups excluding carboxylic acids is 2. The van der Waals surface area contributed by atoms with Gasteiger partial charge in [0.2, 0.25) is 5.91 Å². The van der Waals surface area contributed by atoms with Crippen LogP contribution in [0.25, 0.3) is 0 Å². The third-order valence-corrected chi connectivity index (χ3v) is 5.27. The summed E-state index contributed by atoms with van der Waals surface area (Å²) in [5.41, 5.74) is 2.67. The zero-order valence-corrected chi connectivity index (χ0v) is 15.5. The summed E-state index contributed by atoms with van der Waals surface area (Å²) in [7, 11) is 0. The van der Waals surface area contributed by atoms with Crippen LogP contribution in [-0.2, 0) is 4.79 Å². The first-order valence-corrected chi connectivity index (χ1v) is 9.54. The zero-order valence-electron chi connectivity index (χ0n) is 14.7. The number of amides is 2. The molecule has 1 saturated heterocycles. The number of rotatable bonds is 3. The van der Waals surface area contributed by atoms with E-state index >= 15 is 0 Å². The van der Waals surface area contributed by atoms with E-state index in [0.717, 1.165) is 16.1 Å². The Kier molecular flexibility index (Phi) is 5.13. The van der Waals surface area contributed by atoms with Gasteiger partial charge >= 0.3 is 0 Å². The molecule has 3 rings (SSSR count). The van der Waals surface area contributed by atoms with Crippen LogP contribution in [0.5, 0.6) is 0 Å². The summed E-state index contributed by atoms with van der Waals surface area (Å²) in [5, 5.41) is 0. The van der Waals surface area contributed by atoms with Gasteiger partial charge in [-0.15, -0.1) is 11.8 Å². The van der Waals surface area contributed by atoms with Crippen LogP contribution >= 0.6 is 11.8 Å². The molecule has 1 heterocycles. The lowest BCUT2D eigenvalue weighted by Crippen LogP contribution is -2.57. The molecule has 0 N–H and O–H groups in total. The predicted molar refractivity (Wildman–Crippen MR) is 102 cm³/mol. The van der Waals surface area contributed by atoms with Crippen LogP contribution in [-0.4, -0.2) is 42.1 Å². The first kappa shape index (κ1) is 17.5. The number of hydrogen-bond donors (Lipinski definition) is 0. The molecule has 0 saturated carbocycles.